The molecule has 0 aliphatic carbocycles. The predicted molar refractivity (Wildman–Crippen MR) is 128 cm³/mol. The molecule has 8 heteroatoms. The maximum atomic E-state index is 12.6. The Bertz CT molecular complexity index is 1240. The lowest BCUT2D eigenvalue weighted by atomic mass is 10.1. The SMILES string of the molecule is CCOc1ccc(C(C)NC(=O)Nc2ccc(-n3nnc4ccccc43)cc2)cc1OCC. The van der Waals surface area contributed by atoms with Crippen LogP contribution in [0.2, 0.25) is 0 Å². The average molecular weight is 446 g/mol. The summed E-state index contributed by atoms with van der Waals surface area (Å²) in [5.74, 6) is 1.36. The van der Waals surface area contributed by atoms with Crippen molar-refractivity contribution in [3.8, 4) is 17.2 Å². The van der Waals surface area contributed by atoms with Crippen molar-refractivity contribution in [1.29, 1.82) is 0 Å². The molecule has 0 fully saturated rings. The summed E-state index contributed by atoms with van der Waals surface area (Å²) in [4.78, 5) is 12.6. The van der Waals surface area contributed by atoms with Gasteiger partial charge in [-0.15, -0.1) is 5.10 Å². The number of fused-ring (bicyclic) bond motifs is 1. The number of nitrogens with zero attached hydrogens (tertiary/aromatic N) is 3. The summed E-state index contributed by atoms with van der Waals surface area (Å²) in [6.45, 7) is 6.87. The van der Waals surface area contributed by atoms with Gasteiger partial charge in [-0.25, -0.2) is 9.48 Å². The van der Waals surface area contributed by atoms with Crippen LogP contribution in [0, 0.1) is 0 Å². The van der Waals surface area contributed by atoms with Gasteiger partial charge in [0.15, 0.2) is 11.5 Å². The number of nitrogens with one attached hydrogen (secondary N) is 2. The van der Waals surface area contributed by atoms with Crippen LogP contribution in [0.15, 0.2) is 66.7 Å². The molecule has 0 aliphatic rings. The zero-order valence-corrected chi connectivity index (χ0v) is 18.9. The minimum Gasteiger partial charge on any atom is -0.490 e. The fourth-order valence-electron chi connectivity index (χ4n) is 3.53. The third kappa shape index (κ3) is 5.06. The number of para-hydroxylation sites is 1. The summed E-state index contributed by atoms with van der Waals surface area (Å²) in [5, 5.41) is 14.2. The van der Waals surface area contributed by atoms with Crippen LogP contribution in [0.5, 0.6) is 11.5 Å². The lowest BCUT2D eigenvalue weighted by Crippen LogP contribution is -2.31. The van der Waals surface area contributed by atoms with E-state index in [0.717, 1.165) is 22.3 Å². The minimum absolute atomic E-state index is 0.222. The number of hydrogen-bond acceptors (Lipinski definition) is 5. The van der Waals surface area contributed by atoms with Crippen molar-refractivity contribution in [3.05, 3.63) is 72.3 Å². The lowest BCUT2D eigenvalue weighted by molar-refractivity contribution is 0.249. The Balaban J connectivity index is 1.41. The number of carbonyl (C=O) groups is 1. The molecule has 3 aromatic carbocycles. The number of carbonyl (C=O) groups excluding carboxylic acids is 1. The summed E-state index contributed by atoms with van der Waals surface area (Å²) >= 11 is 0. The molecule has 0 spiro atoms. The van der Waals surface area contributed by atoms with Crippen molar-refractivity contribution >= 4 is 22.8 Å². The molecule has 0 saturated heterocycles. The zero-order valence-electron chi connectivity index (χ0n) is 18.9. The molecule has 0 bridgehead atoms. The molecule has 0 radical (unpaired) electrons. The first-order chi connectivity index (χ1) is 16.1. The lowest BCUT2D eigenvalue weighted by Gasteiger charge is -2.18. The molecule has 4 aromatic rings. The van der Waals surface area contributed by atoms with Gasteiger partial charge in [-0.1, -0.05) is 23.4 Å². The van der Waals surface area contributed by atoms with E-state index < -0.39 is 0 Å². The van der Waals surface area contributed by atoms with Gasteiger partial charge in [-0.05, 0) is 74.9 Å². The highest BCUT2D eigenvalue weighted by Crippen LogP contribution is 2.30. The van der Waals surface area contributed by atoms with Gasteiger partial charge in [-0.2, -0.15) is 0 Å². The number of anilines is 1. The maximum absolute atomic E-state index is 12.6. The fraction of sp³-hybridized carbons (Fsp3) is 0.240. The number of ether oxygens (including phenoxy) is 2. The topological polar surface area (TPSA) is 90.3 Å². The monoisotopic (exact) mass is 445 g/mol. The Labute approximate surface area is 192 Å². The quantitative estimate of drug-likeness (QED) is 0.394. The molecule has 33 heavy (non-hydrogen) atoms. The van der Waals surface area contributed by atoms with Gasteiger partial charge in [0.05, 0.1) is 30.5 Å². The fourth-order valence-corrected chi connectivity index (χ4v) is 3.53. The Kier molecular flexibility index (Phi) is 6.73. The Hall–Kier alpha value is -4.07. The van der Waals surface area contributed by atoms with Crippen LogP contribution < -0.4 is 20.1 Å². The molecule has 1 atom stereocenters. The van der Waals surface area contributed by atoms with Crippen molar-refractivity contribution in [2.24, 2.45) is 0 Å². The Morgan fingerprint density at radius 3 is 2.45 bits per heavy atom. The van der Waals surface area contributed by atoms with E-state index in [9.17, 15) is 4.79 Å². The number of aromatic nitrogens is 3. The molecular weight excluding hydrogens is 418 g/mol. The van der Waals surface area contributed by atoms with E-state index in [4.69, 9.17) is 9.47 Å². The molecule has 1 unspecified atom stereocenters. The maximum Gasteiger partial charge on any atom is 0.319 e. The number of amides is 2. The highest BCUT2D eigenvalue weighted by atomic mass is 16.5. The van der Waals surface area contributed by atoms with Crippen molar-refractivity contribution in [1.82, 2.24) is 20.3 Å². The zero-order chi connectivity index (χ0) is 23.2. The van der Waals surface area contributed by atoms with Crippen LogP contribution in [0.4, 0.5) is 10.5 Å². The molecule has 2 N–H and O–H groups in total. The average Bonchev–Trinajstić information content (AvgIpc) is 3.25. The van der Waals surface area contributed by atoms with Crippen molar-refractivity contribution in [2.75, 3.05) is 18.5 Å². The van der Waals surface area contributed by atoms with Gasteiger partial charge >= 0.3 is 6.03 Å². The number of urea groups is 1. The van der Waals surface area contributed by atoms with Crippen LogP contribution in [0.1, 0.15) is 32.4 Å². The van der Waals surface area contributed by atoms with Crippen LogP contribution in [-0.2, 0) is 0 Å². The molecule has 4 rings (SSSR count). The van der Waals surface area contributed by atoms with Gasteiger partial charge in [-0.3, -0.25) is 0 Å². The van der Waals surface area contributed by atoms with E-state index in [-0.39, 0.29) is 12.1 Å². The van der Waals surface area contributed by atoms with Gasteiger partial charge in [0.2, 0.25) is 0 Å². The summed E-state index contributed by atoms with van der Waals surface area (Å²) in [5.41, 5.74) is 4.21. The molecule has 0 aliphatic heterocycles. The van der Waals surface area contributed by atoms with E-state index in [0.29, 0.717) is 30.4 Å². The number of benzene rings is 3. The molecule has 0 saturated carbocycles. The molecule has 2 amide bonds. The number of hydrogen-bond donors (Lipinski definition) is 2. The first-order valence-electron chi connectivity index (χ1n) is 11.0. The van der Waals surface area contributed by atoms with E-state index in [1.54, 1.807) is 4.68 Å². The third-order valence-electron chi connectivity index (χ3n) is 5.14. The second kappa shape index (κ2) is 10.0. The molecular formula is C25H27N5O3. The third-order valence-corrected chi connectivity index (χ3v) is 5.14. The highest BCUT2D eigenvalue weighted by molar-refractivity contribution is 5.89. The van der Waals surface area contributed by atoms with E-state index in [2.05, 4.69) is 20.9 Å². The summed E-state index contributed by atoms with van der Waals surface area (Å²) in [6.07, 6.45) is 0. The first-order valence-corrected chi connectivity index (χ1v) is 11.0. The van der Waals surface area contributed by atoms with Crippen LogP contribution in [0.3, 0.4) is 0 Å². The first kappa shape index (κ1) is 22.1. The van der Waals surface area contributed by atoms with E-state index in [1.807, 2.05) is 87.5 Å². The van der Waals surface area contributed by atoms with Gasteiger partial charge in [0, 0.05) is 5.69 Å². The minimum atomic E-state index is -0.298. The smallest absolute Gasteiger partial charge is 0.319 e. The summed E-state index contributed by atoms with van der Waals surface area (Å²) in [6, 6.07) is 20.4. The van der Waals surface area contributed by atoms with E-state index >= 15 is 0 Å². The molecule has 8 nitrogen and oxygen atoms in total. The van der Waals surface area contributed by atoms with Gasteiger partial charge in [0.25, 0.3) is 0 Å². The normalized spacial score (nSPS) is 11.7. The van der Waals surface area contributed by atoms with Gasteiger partial charge in [0.1, 0.15) is 5.52 Å². The second-order valence-corrected chi connectivity index (χ2v) is 7.43. The molecule has 1 heterocycles. The number of rotatable bonds is 8. The summed E-state index contributed by atoms with van der Waals surface area (Å²) in [7, 11) is 0. The highest BCUT2D eigenvalue weighted by Gasteiger charge is 2.14. The summed E-state index contributed by atoms with van der Waals surface area (Å²) < 4.78 is 13.1. The van der Waals surface area contributed by atoms with Gasteiger partial charge < -0.3 is 20.1 Å². The molecule has 170 valence electrons. The largest absolute Gasteiger partial charge is 0.490 e. The van der Waals surface area contributed by atoms with Crippen molar-refractivity contribution in [3.63, 3.8) is 0 Å². The van der Waals surface area contributed by atoms with Crippen LogP contribution >= 0.6 is 0 Å². The Morgan fingerprint density at radius 2 is 1.70 bits per heavy atom. The van der Waals surface area contributed by atoms with E-state index in [1.165, 1.54) is 0 Å². The van der Waals surface area contributed by atoms with Crippen LogP contribution in [0.25, 0.3) is 16.7 Å². The van der Waals surface area contributed by atoms with Crippen molar-refractivity contribution < 1.29 is 14.3 Å². The van der Waals surface area contributed by atoms with Crippen LogP contribution in [-0.4, -0.2) is 34.2 Å². The predicted octanol–water partition coefficient (Wildman–Crippen LogP) is 5.10. The van der Waals surface area contributed by atoms with Crippen molar-refractivity contribution in [2.45, 2.75) is 26.8 Å². The standard InChI is InChI=1S/C25H27N5O3/c1-4-32-23-15-10-18(16-24(23)33-5-2)17(3)26-25(31)27-19-11-13-20(14-12-19)30-22-9-7-6-8-21(22)28-29-30/h6-17H,4-5H2,1-3H3,(H2,26,27,31). The second-order valence-electron chi connectivity index (χ2n) is 7.43. The Morgan fingerprint density at radius 1 is 0.970 bits per heavy atom. The molecule has 1 aromatic heterocycles.